The van der Waals surface area contributed by atoms with Crippen LogP contribution in [-0.4, -0.2) is 31.4 Å². The molecule has 0 spiro atoms. The van der Waals surface area contributed by atoms with Gasteiger partial charge in [0.2, 0.25) is 0 Å². The number of hydrogen-bond donors (Lipinski definition) is 0. The van der Waals surface area contributed by atoms with Crippen LogP contribution in [0, 0.1) is 6.92 Å². The molecule has 1 rings (SSSR count). The molecule has 0 saturated heterocycles. The average Bonchev–Trinajstić information content (AvgIpc) is 2.08. The van der Waals surface area contributed by atoms with Crippen LogP contribution in [0.1, 0.15) is 5.56 Å². The molecule has 0 aliphatic carbocycles. The van der Waals surface area contributed by atoms with E-state index in [1.807, 2.05) is 0 Å². The lowest BCUT2D eigenvalue weighted by Crippen LogP contribution is -2.45. The SMILES string of the molecule is [B]c1c([B])c(C)c([B])c(Br)c1[B]. The van der Waals surface area contributed by atoms with Crippen molar-refractivity contribution in [2.24, 2.45) is 0 Å². The summed E-state index contributed by atoms with van der Waals surface area (Å²) in [5, 5.41) is 0. The Bertz CT molecular complexity index is 230. The van der Waals surface area contributed by atoms with Crippen LogP contribution in [0.25, 0.3) is 0 Å². The molecule has 0 aromatic heterocycles. The van der Waals surface area contributed by atoms with Crippen LogP contribution >= 0.6 is 15.9 Å². The van der Waals surface area contributed by atoms with Crippen molar-refractivity contribution >= 4 is 69.2 Å². The lowest BCUT2D eigenvalue weighted by atomic mass is 9.67. The molecule has 12 heavy (non-hydrogen) atoms. The van der Waals surface area contributed by atoms with Crippen molar-refractivity contribution in [1.29, 1.82) is 0 Å². The van der Waals surface area contributed by atoms with Gasteiger partial charge in [-0.3, -0.25) is 0 Å². The third-order valence-electron chi connectivity index (χ3n) is 1.86. The molecule has 0 heterocycles. The van der Waals surface area contributed by atoms with E-state index in [9.17, 15) is 0 Å². The van der Waals surface area contributed by atoms with Gasteiger partial charge in [-0.1, -0.05) is 32.4 Å². The normalized spacial score (nSPS) is 10.2. The maximum Gasteiger partial charge on any atom is 0.115 e. The molecule has 0 aliphatic rings. The summed E-state index contributed by atoms with van der Waals surface area (Å²) in [5.41, 5.74) is 2.53. The van der Waals surface area contributed by atoms with Gasteiger partial charge in [-0.05, 0) is 6.92 Å². The van der Waals surface area contributed by atoms with Crippen LogP contribution in [0.3, 0.4) is 0 Å². The lowest BCUT2D eigenvalue weighted by Gasteiger charge is -2.16. The van der Waals surface area contributed by atoms with Gasteiger partial charge >= 0.3 is 0 Å². The number of benzene rings is 1. The summed E-state index contributed by atoms with van der Waals surface area (Å²) in [6, 6.07) is 0. The number of halogens is 1. The van der Waals surface area contributed by atoms with Crippen LogP contribution in [-0.2, 0) is 0 Å². The van der Waals surface area contributed by atoms with E-state index in [0.717, 1.165) is 5.56 Å². The summed E-state index contributed by atoms with van der Waals surface area (Å²) >= 11 is 3.23. The van der Waals surface area contributed by atoms with Gasteiger partial charge in [0, 0.05) is 4.47 Å². The van der Waals surface area contributed by atoms with E-state index in [-0.39, 0.29) is 0 Å². The number of hydrogen-bond acceptors (Lipinski definition) is 0. The first-order valence-electron chi connectivity index (χ1n) is 3.34. The fraction of sp³-hybridized carbons (Fsp3) is 0.143. The topological polar surface area (TPSA) is 0 Å². The van der Waals surface area contributed by atoms with Crippen molar-refractivity contribution in [3.63, 3.8) is 0 Å². The minimum absolute atomic E-state index is 0.383. The monoisotopic (exact) mass is 210 g/mol. The Morgan fingerprint density at radius 1 is 0.833 bits per heavy atom. The van der Waals surface area contributed by atoms with Gasteiger partial charge in [0.15, 0.2) is 0 Å². The molecule has 1 aromatic rings. The van der Waals surface area contributed by atoms with Gasteiger partial charge in [-0.25, -0.2) is 0 Å². The highest BCUT2D eigenvalue weighted by Crippen LogP contribution is 2.00. The second-order valence-corrected chi connectivity index (χ2v) is 3.39. The molecule has 0 nitrogen and oxygen atoms in total. The Morgan fingerprint density at radius 3 is 1.83 bits per heavy atom. The Kier molecular flexibility index (Phi) is 2.82. The van der Waals surface area contributed by atoms with Crippen LogP contribution < -0.4 is 21.9 Å². The van der Waals surface area contributed by atoms with E-state index >= 15 is 0 Å². The molecule has 0 aliphatic heterocycles. The zero-order chi connectivity index (χ0) is 9.46. The smallest absolute Gasteiger partial charge is 0.109 e. The van der Waals surface area contributed by atoms with Crippen LogP contribution in [0.4, 0.5) is 0 Å². The van der Waals surface area contributed by atoms with Crippen LogP contribution in [0.15, 0.2) is 4.47 Å². The zero-order valence-electron chi connectivity index (χ0n) is 6.69. The summed E-state index contributed by atoms with van der Waals surface area (Å²) in [7, 11) is 22.6. The third-order valence-corrected chi connectivity index (χ3v) is 2.72. The zero-order valence-corrected chi connectivity index (χ0v) is 8.27. The molecule has 0 amide bonds. The van der Waals surface area contributed by atoms with Crippen molar-refractivity contribution in [1.82, 2.24) is 0 Å². The van der Waals surface area contributed by atoms with E-state index < -0.39 is 0 Å². The molecule has 0 bridgehead atoms. The van der Waals surface area contributed by atoms with Gasteiger partial charge in [0.25, 0.3) is 0 Å². The van der Waals surface area contributed by atoms with E-state index in [2.05, 4.69) is 15.9 Å². The summed E-state index contributed by atoms with van der Waals surface area (Å²) in [6.07, 6.45) is 0. The predicted octanol–water partition coefficient (Wildman–Crippen LogP) is -2.07. The summed E-state index contributed by atoms with van der Waals surface area (Å²) in [5.74, 6) is 0. The molecule has 8 radical (unpaired) electrons. The van der Waals surface area contributed by atoms with Gasteiger partial charge < -0.3 is 0 Å². The average molecular weight is 210 g/mol. The fourth-order valence-corrected chi connectivity index (χ4v) is 1.43. The maximum absolute atomic E-state index is 5.69. The molecule has 0 unspecified atom stereocenters. The predicted molar refractivity (Wildman–Crippen MR) is 60.4 cm³/mol. The molecular weight excluding hydrogens is 207 g/mol. The van der Waals surface area contributed by atoms with Crippen molar-refractivity contribution < 1.29 is 0 Å². The van der Waals surface area contributed by atoms with Crippen LogP contribution in [0.5, 0.6) is 0 Å². The highest BCUT2D eigenvalue weighted by molar-refractivity contribution is 9.10. The van der Waals surface area contributed by atoms with E-state index in [1.165, 1.54) is 0 Å². The van der Waals surface area contributed by atoms with E-state index in [0.29, 0.717) is 26.3 Å². The van der Waals surface area contributed by atoms with E-state index in [4.69, 9.17) is 31.4 Å². The highest BCUT2D eigenvalue weighted by Gasteiger charge is 2.07. The summed E-state index contributed by atoms with van der Waals surface area (Å²) in [4.78, 5) is 0. The highest BCUT2D eigenvalue weighted by atomic mass is 79.9. The van der Waals surface area contributed by atoms with E-state index in [1.54, 1.807) is 6.92 Å². The first-order chi connectivity index (χ1) is 5.46. The molecular formula is C7H3B4Br. The third kappa shape index (κ3) is 1.39. The van der Waals surface area contributed by atoms with Crippen molar-refractivity contribution in [2.45, 2.75) is 6.92 Å². The Balaban J connectivity index is 3.60. The van der Waals surface area contributed by atoms with Gasteiger partial charge in [0.05, 0.1) is 0 Å². The van der Waals surface area contributed by atoms with Crippen molar-refractivity contribution in [3.05, 3.63) is 10.0 Å². The Morgan fingerprint density at radius 2 is 1.33 bits per heavy atom. The molecule has 0 fully saturated rings. The van der Waals surface area contributed by atoms with Gasteiger partial charge in [0.1, 0.15) is 31.4 Å². The quantitative estimate of drug-likeness (QED) is 0.432. The summed E-state index contributed by atoms with van der Waals surface area (Å²) in [6.45, 7) is 1.80. The molecule has 0 atom stereocenters. The first kappa shape index (κ1) is 10.0. The minimum atomic E-state index is 0.383. The lowest BCUT2D eigenvalue weighted by molar-refractivity contribution is 1.58. The second-order valence-electron chi connectivity index (χ2n) is 2.59. The molecule has 0 N–H and O–H groups in total. The largest absolute Gasteiger partial charge is 0.115 e. The number of rotatable bonds is 0. The van der Waals surface area contributed by atoms with Gasteiger partial charge in [-0.15, -0.1) is 10.9 Å². The maximum atomic E-state index is 5.69. The molecule has 0 saturated carbocycles. The Labute approximate surface area is 86.3 Å². The standard InChI is InChI=1S/C7H3B4Br/c1-2-3(8)5(10)6(11)7(12)4(2)9/h1H3. The first-order valence-corrected chi connectivity index (χ1v) is 4.14. The van der Waals surface area contributed by atoms with Crippen LogP contribution in [0.2, 0.25) is 0 Å². The van der Waals surface area contributed by atoms with Gasteiger partial charge in [-0.2, -0.15) is 0 Å². The minimum Gasteiger partial charge on any atom is -0.109 e. The Hall–Kier alpha value is -0.0403. The van der Waals surface area contributed by atoms with Crippen molar-refractivity contribution in [3.8, 4) is 0 Å². The summed E-state index contributed by atoms with van der Waals surface area (Å²) < 4.78 is 0.617. The fourth-order valence-electron chi connectivity index (χ4n) is 0.920. The van der Waals surface area contributed by atoms with Crippen molar-refractivity contribution in [2.75, 3.05) is 0 Å². The molecule has 50 valence electrons. The second kappa shape index (κ2) is 3.37. The molecule has 5 heteroatoms. The molecule has 1 aromatic carbocycles.